The summed E-state index contributed by atoms with van der Waals surface area (Å²) in [6.07, 6.45) is 7.37. The molecule has 1 aliphatic heterocycles. The maximum atomic E-state index is 13.1. The van der Waals surface area contributed by atoms with E-state index in [4.69, 9.17) is 9.47 Å². The van der Waals surface area contributed by atoms with Crippen LogP contribution in [0.2, 0.25) is 0 Å². The summed E-state index contributed by atoms with van der Waals surface area (Å²) in [5.41, 5.74) is 1.61. The molecule has 0 radical (unpaired) electrons. The fourth-order valence-corrected chi connectivity index (χ4v) is 4.25. The molecule has 0 bridgehead atoms. The van der Waals surface area contributed by atoms with Crippen LogP contribution in [0.4, 0.5) is 0 Å². The Hall–Kier alpha value is -1.71. The number of nitrogens with zero attached hydrogens (tertiary/aromatic N) is 1. The van der Waals surface area contributed by atoms with Gasteiger partial charge in [-0.05, 0) is 50.7 Å². The lowest BCUT2D eigenvalue weighted by Crippen LogP contribution is -2.49. The average Bonchev–Trinajstić information content (AvgIpc) is 2.60. The zero-order chi connectivity index (χ0) is 16.4. The van der Waals surface area contributed by atoms with Gasteiger partial charge >= 0.3 is 0 Å². The van der Waals surface area contributed by atoms with E-state index in [1.165, 1.54) is 25.7 Å². The highest BCUT2D eigenvalue weighted by molar-refractivity contribution is 5.95. The zero-order valence-electron chi connectivity index (χ0n) is 14.4. The molecule has 2 atom stereocenters. The summed E-state index contributed by atoms with van der Waals surface area (Å²) in [6, 6.07) is 4.13. The number of rotatable bonds is 3. The summed E-state index contributed by atoms with van der Waals surface area (Å²) in [4.78, 5) is 15.2. The SMILES string of the molecule is COc1cc(C(=O)N2CCCC3CCCCC32)cc(OC)c1C. The Kier molecular flexibility index (Phi) is 4.79. The second-order valence-electron chi connectivity index (χ2n) is 6.76. The normalized spacial score (nSPS) is 24.0. The van der Waals surface area contributed by atoms with Gasteiger partial charge in [-0.2, -0.15) is 0 Å². The molecule has 126 valence electrons. The summed E-state index contributed by atoms with van der Waals surface area (Å²) in [5.74, 6) is 2.24. The second kappa shape index (κ2) is 6.81. The Bertz CT molecular complexity index is 557. The van der Waals surface area contributed by atoms with Gasteiger partial charge in [-0.15, -0.1) is 0 Å². The number of hydrogen-bond acceptors (Lipinski definition) is 3. The zero-order valence-corrected chi connectivity index (χ0v) is 14.4. The van der Waals surface area contributed by atoms with Crippen molar-refractivity contribution in [1.29, 1.82) is 0 Å². The third-order valence-electron chi connectivity index (χ3n) is 5.50. The lowest BCUT2D eigenvalue weighted by molar-refractivity contribution is 0.0390. The lowest BCUT2D eigenvalue weighted by atomic mass is 9.78. The smallest absolute Gasteiger partial charge is 0.254 e. The van der Waals surface area contributed by atoms with E-state index in [0.717, 1.165) is 24.9 Å². The number of hydrogen-bond donors (Lipinski definition) is 0. The molecule has 4 heteroatoms. The topological polar surface area (TPSA) is 38.8 Å². The Morgan fingerprint density at radius 1 is 1.04 bits per heavy atom. The number of carbonyl (C=O) groups is 1. The first kappa shape index (κ1) is 16.2. The van der Waals surface area contributed by atoms with Crippen LogP contribution in [-0.2, 0) is 0 Å². The van der Waals surface area contributed by atoms with E-state index in [2.05, 4.69) is 4.90 Å². The number of benzene rings is 1. The number of fused-ring (bicyclic) bond motifs is 1. The fourth-order valence-electron chi connectivity index (χ4n) is 4.25. The van der Waals surface area contributed by atoms with Crippen LogP contribution >= 0.6 is 0 Å². The molecule has 23 heavy (non-hydrogen) atoms. The molecule has 2 unspecified atom stereocenters. The van der Waals surface area contributed by atoms with Gasteiger partial charge in [0.1, 0.15) is 11.5 Å². The highest BCUT2D eigenvalue weighted by atomic mass is 16.5. The summed E-state index contributed by atoms with van der Waals surface area (Å²) >= 11 is 0. The molecular formula is C19H27NO3. The van der Waals surface area contributed by atoms with Crippen molar-refractivity contribution >= 4 is 5.91 Å². The summed E-state index contributed by atoms with van der Waals surface area (Å²) in [6.45, 7) is 2.82. The van der Waals surface area contributed by atoms with E-state index in [1.54, 1.807) is 14.2 Å². The van der Waals surface area contributed by atoms with Crippen molar-refractivity contribution in [3.05, 3.63) is 23.3 Å². The molecule has 0 spiro atoms. The van der Waals surface area contributed by atoms with Gasteiger partial charge in [0.15, 0.2) is 0 Å². The van der Waals surface area contributed by atoms with Crippen LogP contribution in [0.1, 0.15) is 54.4 Å². The summed E-state index contributed by atoms with van der Waals surface area (Å²) in [5, 5.41) is 0. The predicted molar refractivity (Wildman–Crippen MR) is 90.3 cm³/mol. The number of methoxy groups -OCH3 is 2. The Morgan fingerprint density at radius 3 is 2.30 bits per heavy atom. The summed E-state index contributed by atoms with van der Waals surface area (Å²) in [7, 11) is 3.27. The molecular weight excluding hydrogens is 290 g/mol. The van der Waals surface area contributed by atoms with Crippen LogP contribution in [0.25, 0.3) is 0 Å². The largest absolute Gasteiger partial charge is 0.496 e. The maximum absolute atomic E-state index is 13.1. The first-order chi connectivity index (χ1) is 11.2. The van der Waals surface area contributed by atoms with Gasteiger partial charge in [0.2, 0.25) is 0 Å². The molecule has 1 saturated carbocycles. The number of carbonyl (C=O) groups excluding carboxylic acids is 1. The standard InChI is InChI=1S/C19H27NO3/c1-13-17(22-2)11-15(12-18(13)23-3)19(21)20-10-6-8-14-7-4-5-9-16(14)20/h11-12,14,16H,4-10H2,1-3H3. The molecule has 1 aromatic rings. The molecule has 1 heterocycles. The minimum absolute atomic E-state index is 0.123. The maximum Gasteiger partial charge on any atom is 0.254 e. The van der Waals surface area contributed by atoms with Gasteiger partial charge in [-0.1, -0.05) is 12.8 Å². The highest BCUT2D eigenvalue weighted by Crippen LogP contribution is 2.37. The van der Waals surface area contributed by atoms with Gasteiger partial charge < -0.3 is 14.4 Å². The van der Waals surface area contributed by atoms with Gasteiger partial charge in [0, 0.05) is 23.7 Å². The van der Waals surface area contributed by atoms with E-state index in [1.807, 2.05) is 19.1 Å². The number of amides is 1. The monoisotopic (exact) mass is 317 g/mol. The Labute approximate surface area is 138 Å². The van der Waals surface area contributed by atoms with E-state index >= 15 is 0 Å². The first-order valence-corrected chi connectivity index (χ1v) is 8.69. The molecule has 2 aliphatic rings. The van der Waals surface area contributed by atoms with Gasteiger partial charge in [0.25, 0.3) is 5.91 Å². The number of ether oxygens (including phenoxy) is 2. The van der Waals surface area contributed by atoms with Crippen molar-refractivity contribution in [3.8, 4) is 11.5 Å². The van der Waals surface area contributed by atoms with Gasteiger partial charge in [-0.25, -0.2) is 0 Å². The van der Waals surface area contributed by atoms with Crippen LogP contribution in [0.5, 0.6) is 11.5 Å². The molecule has 4 nitrogen and oxygen atoms in total. The van der Waals surface area contributed by atoms with Crippen LogP contribution in [0, 0.1) is 12.8 Å². The second-order valence-corrected chi connectivity index (χ2v) is 6.76. The molecule has 1 amide bonds. The van der Waals surface area contributed by atoms with Gasteiger partial charge in [-0.3, -0.25) is 4.79 Å². The highest BCUT2D eigenvalue weighted by Gasteiger charge is 2.36. The summed E-state index contributed by atoms with van der Waals surface area (Å²) < 4.78 is 10.8. The molecule has 2 fully saturated rings. The van der Waals surface area contributed by atoms with Gasteiger partial charge in [0.05, 0.1) is 14.2 Å². The molecule has 0 N–H and O–H groups in total. The van der Waals surface area contributed by atoms with E-state index in [0.29, 0.717) is 29.0 Å². The van der Waals surface area contributed by atoms with Crippen molar-refractivity contribution in [2.24, 2.45) is 5.92 Å². The van der Waals surface area contributed by atoms with E-state index < -0.39 is 0 Å². The molecule has 0 aromatic heterocycles. The Morgan fingerprint density at radius 2 is 1.65 bits per heavy atom. The van der Waals surface area contributed by atoms with Crippen LogP contribution < -0.4 is 9.47 Å². The lowest BCUT2D eigenvalue weighted by Gasteiger charge is -2.44. The minimum atomic E-state index is 0.123. The van der Waals surface area contributed by atoms with E-state index in [9.17, 15) is 4.79 Å². The third kappa shape index (κ3) is 3.04. The number of piperidine rings is 1. The van der Waals surface area contributed by atoms with Crippen molar-refractivity contribution in [1.82, 2.24) is 4.90 Å². The average molecular weight is 317 g/mol. The van der Waals surface area contributed by atoms with Crippen LogP contribution in [-0.4, -0.2) is 37.6 Å². The quantitative estimate of drug-likeness (QED) is 0.851. The molecule has 1 aromatic carbocycles. The van der Waals surface area contributed by atoms with Crippen LogP contribution in [0.3, 0.4) is 0 Å². The molecule has 1 aliphatic carbocycles. The van der Waals surface area contributed by atoms with E-state index in [-0.39, 0.29) is 5.91 Å². The van der Waals surface area contributed by atoms with Crippen molar-refractivity contribution in [2.45, 2.75) is 51.5 Å². The third-order valence-corrected chi connectivity index (χ3v) is 5.50. The minimum Gasteiger partial charge on any atom is -0.496 e. The first-order valence-electron chi connectivity index (χ1n) is 8.69. The number of likely N-dealkylation sites (tertiary alicyclic amines) is 1. The van der Waals surface area contributed by atoms with Crippen molar-refractivity contribution in [2.75, 3.05) is 20.8 Å². The fraction of sp³-hybridized carbons (Fsp3) is 0.632. The Balaban J connectivity index is 1.90. The predicted octanol–water partition coefficient (Wildman–Crippen LogP) is 3.81. The molecule has 3 rings (SSSR count). The van der Waals surface area contributed by atoms with Crippen LogP contribution in [0.15, 0.2) is 12.1 Å². The van der Waals surface area contributed by atoms with Crippen molar-refractivity contribution in [3.63, 3.8) is 0 Å². The molecule has 1 saturated heterocycles. The van der Waals surface area contributed by atoms with Crippen molar-refractivity contribution < 1.29 is 14.3 Å².